The van der Waals surface area contributed by atoms with E-state index in [4.69, 9.17) is 4.74 Å². The standard InChI is InChI=1S/C15H17N3O3/c1-4-15(2,3)11-5-7-13(8-6-11)21-14-16-9-12(10-17-14)18(19)20/h5-10H,4H2,1-3H3. The first-order valence-electron chi connectivity index (χ1n) is 6.67. The number of rotatable bonds is 5. The minimum absolute atomic E-state index is 0.0862. The first-order chi connectivity index (χ1) is 9.92. The summed E-state index contributed by atoms with van der Waals surface area (Å²) in [6.07, 6.45) is 3.28. The average Bonchev–Trinajstić information content (AvgIpc) is 2.48. The number of aromatic nitrogens is 2. The third kappa shape index (κ3) is 3.53. The normalized spacial score (nSPS) is 11.2. The SMILES string of the molecule is CCC(C)(C)c1ccc(Oc2ncc([N+](=O)[O-])cn2)cc1. The third-order valence-electron chi connectivity index (χ3n) is 3.55. The van der Waals surface area contributed by atoms with Crippen LogP contribution >= 0.6 is 0 Å². The van der Waals surface area contributed by atoms with Crippen LogP contribution in [0.25, 0.3) is 0 Å². The monoisotopic (exact) mass is 287 g/mol. The van der Waals surface area contributed by atoms with E-state index < -0.39 is 4.92 Å². The Kier molecular flexibility index (Phi) is 4.16. The molecule has 0 spiro atoms. The van der Waals surface area contributed by atoms with E-state index in [1.807, 2.05) is 24.3 Å². The molecule has 6 nitrogen and oxygen atoms in total. The molecule has 0 saturated heterocycles. The van der Waals surface area contributed by atoms with Gasteiger partial charge in [-0.05, 0) is 29.5 Å². The minimum atomic E-state index is -0.550. The fraction of sp³-hybridized carbons (Fsp3) is 0.333. The molecule has 1 heterocycles. The maximum Gasteiger partial charge on any atom is 0.322 e. The van der Waals surface area contributed by atoms with Crippen LogP contribution in [0, 0.1) is 10.1 Å². The van der Waals surface area contributed by atoms with Crippen molar-refractivity contribution >= 4 is 5.69 Å². The van der Waals surface area contributed by atoms with E-state index in [1.54, 1.807) is 0 Å². The van der Waals surface area contributed by atoms with Crippen LogP contribution in [0.3, 0.4) is 0 Å². The zero-order chi connectivity index (χ0) is 15.5. The summed E-state index contributed by atoms with van der Waals surface area (Å²) in [5, 5.41) is 10.5. The second-order valence-electron chi connectivity index (χ2n) is 5.34. The maximum atomic E-state index is 10.5. The topological polar surface area (TPSA) is 78.2 Å². The molecule has 0 aliphatic carbocycles. The molecule has 1 aromatic carbocycles. The second-order valence-corrected chi connectivity index (χ2v) is 5.34. The van der Waals surface area contributed by atoms with Crippen molar-refractivity contribution in [3.8, 4) is 11.8 Å². The van der Waals surface area contributed by atoms with Crippen molar-refractivity contribution in [2.75, 3.05) is 0 Å². The maximum absolute atomic E-state index is 10.5. The quantitative estimate of drug-likeness (QED) is 0.616. The van der Waals surface area contributed by atoms with Crippen LogP contribution in [0.5, 0.6) is 11.8 Å². The van der Waals surface area contributed by atoms with Gasteiger partial charge in [-0.3, -0.25) is 10.1 Å². The highest BCUT2D eigenvalue weighted by atomic mass is 16.6. The summed E-state index contributed by atoms with van der Waals surface area (Å²) in [6.45, 7) is 6.51. The molecule has 21 heavy (non-hydrogen) atoms. The molecule has 0 atom stereocenters. The van der Waals surface area contributed by atoms with Crippen LogP contribution in [0.15, 0.2) is 36.7 Å². The van der Waals surface area contributed by atoms with Crippen LogP contribution in [0.2, 0.25) is 0 Å². The van der Waals surface area contributed by atoms with E-state index in [1.165, 1.54) is 5.56 Å². The lowest BCUT2D eigenvalue weighted by molar-refractivity contribution is -0.385. The first-order valence-corrected chi connectivity index (χ1v) is 6.67. The smallest absolute Gasteiger partial charge is 0.322 e. The van der Waals surface area contributed by atoms with Gasteiger partial charge in [0.05, 0.1) is 4.92 Å². The Morgan fingerprint density at radius 2 is 1.76 bits per heavy atom. The molecule has 0 radical (unpaired) electrons. The Morgan fingerprint density at radius 3 is 2.24 bits per heavy atom. The summed E-state index contributed by atoms with van der Waals surface area (Å²) in [4.78, 5) is 17.6. The fourth-order valence-corrected chi connectivity index (χ4v) is 1.74. The van der Waals surface area contributed by atoms with Crippen molar-refractivity contribution in [3.05, 3.63) is 52.3 Å². The Bertz CT molecular complexity index is 622. The summed E-state index contributed by atoms with van der Waals surface area (Å²) in [6, 6.07) is 7.78. The molecule has 1 aromatic heterocycles. The molecule has 2 rings (SSSR count). The molecule has 0 bridgehead atoms. The molecule has 0 aliphatic heterocycles. The Balaban J connectivity index is 2.11. The largest absolute Gasteiger partial charge is 0.424 e. The predicted octanol–water partition coefficient (Wildman–Crippen LogP) is 3.86. The van der Waals surface area contributed by atoms with Crippen LogP contribution in [0.1, 0.15) is 32.8 Å². The van der Waals surface area contributed by atoms with Gasteiger partial charge in [-0.2, -0.15) is 9.97 Å². The summed E-state index contributed by atoms with van der Waals surface area (Å²) in [5.74, 6) is 0.597. The van der Waals surface area contributed by atoms with E-state index in [0.29, 0.717) is 5.75 Å². The van der Waals surface area contributed by atoms with E-state index in [0.717, 1.165) is 18.8 Å². The van der Waals surface area contributed by atoms with E-state index in [9.17, 15) is 10.1 Å². The van der Waals surface area contributed by atoms with E-state index >= 15 is 0 Å². The van der Waals surface area contributed by atoms with Gasteiger partial charge in [0.25, 0.3) is 0 Å². The molecule has 0 unspecified atom stereocenters. The molecule has 6 heteroatoms. The average molecular weight is 287 g/mol. The molecule has 2 aromatic rings. The van der Waals surface area contributed by atoms with Crippen molar-refractivity contribution in [2.24, 2.45) is 0 Å². The zero-order valence-corrected chi connectivity index (χ0v) is 12.2. The van der Waals surface area contributed by atoms with Gasteiger partial charge in [-0.1, -0.05) is 32.9 Å². The number of nitro groups is 1. The van der Waals surface area contributed by atoms with Crippen LogP contribution < -0.4 is 4.74 Å². The number of hydrogen-bond donors (Lipinski definition) is 0. The van der Waals surface area contributed by atoms with Crippen molar-refractivity contribution in [3.63, 3.8) is 0 Å². The lowest BCUT2D eigenvalue weighted by atomic mass is 9.82. The van der Waals surface area contributed by atoms with Gasteiger partial charge in [0.1, 0.15) is 18.1 Å². The summed E-state index contributed by atoms with van der Waals surface area (Å²) in [7, 11) is 0. The van der Waals surface area contributed by atoms with Crippen LogP contribution in [-0.4, -0.2) is 14.9 Å². The number of ether oxygens (including phenoxy) is 1. The highest BCUT2D eigenvalue weighted by Crippen LogP contribution is 2.29. The van der Waals surface area contributed by atoms with E-state index in [-0.39, 0.29) is 17.1 Å². The van der Waals surface area contributed by atoms with Crippen LogP contribution in [-0.2, 0) is 5.41 Å². The summed E-state index contributed by atoms with van der Waals surface area (Å²) < 4.78 is 5.47. The van der Waals surface area contributed by atoms with Gasteiger partial charge in [0, 0.05) is 0 Å². The molecule has 110 valence electrons. The van der Waals surface area contributed by atoms with E-state index in [2.05, 4.69) is 30.7 Å². The molecule has 0 saturated carbocycles. The highest BCUT2D eigenvalue weighted by molar-refractivity contribution is 5.33. The van der Waals surface area contributed by atoms with Crippen molar-refractivity contribution in [2.45, 2.75) is 32.6 Å². The summed E-state index contributed by atoms with van der Waals surface area (Å²) >= 11 is 0. The lowest BCUT2D eigenvalue weighted by Crippen LogP contribution is -2.14. The van der Waals surface area contributed by atoms with Gasteiger partial charge in [0.15, 0.2) is 0 Å². The second kappa shape index (κ2) is 5.87. The highest BCUT2D eigenvalue weighted by Gasteiger charge is 2.17. The summed E-state index contributed by atoms with van der Waals surface area (Å²) in [5.41, 5.74) is 1.17. The molecular weight excluding hydrogens is 270 g/mol. The zero-order valence-electron chi connectivity index (χ0n) is 12.2. The van der Waals surface area contributed by atoms with Gasteiger partial charge < -0.3 is 4.74 Å². The van der Waals surface area contributed by atoms with Crippen LogP contribution in [0.4, 0.5) is 5.69 Å². The van der Waals surface area contributed by atoms with Gasteiger partial charge in [-0.25, -0.2) is 0 Å². The predicted molar refractivity (Wildman–Crippen MR) is 78.5 cm³/mol. The lowest BCUT2D eigenvalue weighted by Gasteiger charge is -2.23. The first kappa shape index (κ1) is 14.9. The van der Waals surface area contributed by atoms with Gasteiger partial charge in [-0.15, -0.1) is 0 Å². The van der Waals surface area contributed by atoms with Crippen molar-refractivity contribution in [1.82, 2.24) is 9.97 Å². The Hall–Kier alpha value is -2.50. The van der Waals surface area contributed by atoms with Crippen molar-refractivity contribution in [1.29, 1.82) is 0 Å². The minimum Gasteiger partial charge on any atom is -0.424 e. The number of benzene rings is 1. The molecule has 0 fully saturated rings. The van der Waals surface area contributed by atoms with Gasteiger partial charge in [0.2, 0.25) is 0 Å². The molecule has 0 aliphatic rings. The number of nitrogens with zero attached hydrogens (tertiary/aromatic N) is 3. The number of hydrogen-bond acceptors (Lipinski definition) is 5. The fourth-order valence-electron chi connectivity index (χ4n) is 1.74. The Morgan fingerprint density at radius 1 is 1.19 bits per heavy atom. The Labute approximate surface area is 123 Å². The third-order valence-corrected chi connectivity index (χ3v) is 3.55. The molecular formula is C15H17N3O3. The molecule has 0 N–H and O–H groups in total. The molecule has 0 amide bonds. The van der Waals surface area contributed by atoms with Crippen molar-refractivity contribution < 1.29 is 9.66 Å². The van der Waals surface area contributed by atoms with Gasteiger partial charge >= 0.3 is 11.7 Å².